The first-order valence-corrected chi connectivity index (χ1v) is 3.21. The van der Waals surface area contributed by atoms with E-state index in [1.54, 1.807) is 13.0 Å². The fourth-order valence-corrected chi connectivity index (χ4v) is 1.21. The molecule has 1 saturated carbocycles. The highest BCUT2D eigenvalue weighted by Gasteiger charge is 2.54. The van der Waals surface area contributed by atoms with Crippen molar-refractivity contribution in [3.8, 4) is 0 Å². The Bertz CT molecular complexity index is 219. The molecule has 0 spiro atoms. The molecule has 2 N–H and O–H groups in total. The molecule has 0 aromatic heterocycles. The Morgan fingerprint density at radius 1 is 1.27 bits per heavy atom. The summed E-state index contributed by atoms with van der Waals surface area (Å²) >= 11 is 0. The van der Waals surface area contributed by atoms with Crippen LogP contribution in [0, 0.1) is 11.8 Å². The third-order valence-electron chi connectivity index (χ3n) is 1.81. The van der Waals surface area contributed by atoms with Crippen LogP contribution in [0.5, 0.6) is 0 Å². The molecule has 1 aliphatic rings. The summed E-state index contributed by atoms with van der Waals surface area (Å²) in [6.45, 7) is 1.65. The van der Waals surface area contributed by atoms with Crippen molar-refractivity contribution in [2.45, 2.75) is 6.92 Å². The van der Waals surface area contributed by atoms with Crippen LogP contribution in [0.1, 0.15) is 6.92 Å². The van der Waals surface area contributed by atoms with Crippen LogP contribution in [-0.2, 0) is 9.59 Å². The fraction of sp³-hybridized carbons (Fsp3) is 0.429. The smallest absolute Gasteiger partial charge is 0.311 e. The second-order valence-electron chi connectivity index (χ2n) is 2.42. The van der Waals surface area contributed by atoms with Crippen LogP contribution in [0.25, 0.3) is 0 Å². The summed E-state index contributed by atoms with van der Waals surface area (Å²) in [5.41, 5.74) is 0.505. The molecule has 0 aliphatic heterocycles. The third kappa shape index (κ3) is 1.11. The van der Waals surface area contributed by atoms with Crippen LogP contribution in [0.3, 0.4) is 0 Å². The van der Waals surface area contributed by atoms with Gasteiger partial charge in [0.15, 0.2) is 0 Å². The maximum absolute atomic E-state index is 10.3. The molecule has 1 fully saturated rings. The summed E-state index contributed by atoms with van der Waals surface area (Å²) < 4.78 is 0. The van der Waals surface area contributed by atoms with Crippen molar-refractivity contribution in [3.05, 3.63) is 11.6 Å². The van der Waals surface area contributed by atoms with Crippen molar-refractivity contribution in [2.75, 3.05) is 0 Å². The van der Waals surface area contributed by atoms with Gasteiger partial charge in [0, 0.05) is 0 Å². The Morgan fingerprint density at radius 2 is 1.64 bits per heavy atom. The molecule has 4 nitrogen and oxygen atoms in total. The van der Waals surface area contributed by atoms with Gasteiger partial charge in [0.25, 0.3) is 0 Å². The average molecular weight is 156 g/mol. The van der Waals surface area contributed by atoms with Gasteiger partial charge >= 0.3 is 11.9 Å². The molecule has 0 radical (unpaired) electrons. The number of carbonyl (C=O) groups is 2. The number of hydrogen-bond acceptors (Lipinski definition) is 2. The maximum atomic E-state index is 10.3. The van der Waals surface area contributed by atoms with Gasteiger partial charge in [-0.05, 0) is 12.5 Å². The van der Waals surface area contributed by atoms with Gasteiger partial charge in [0.1, 0.15) is 0 Å². The van der Waals surface area contributed by atoms with E-state index in [1.807, 2.05) is 0 Å². The molecule has 0 heterocycles. The van der Waals surface area contributed by atoms with Crippen LogP contribution in [-0.4, -0.2) is 22.2 Å². The number of carboxylic acids is 2. The summed E-state index contributed by atoms with van der Waals surface area (Å²) in [5.74, 6) is -3.66. The number of aliphatic carboxylic acids is 2. The topological polar surface area (TPSA) is 74.6 Å². The van der Waals surface area contributed by atoms with Crippen LogP contribution < -0.4 is 0 Å². The number of hydrogen-bond donors (Lipinski definition) is 2. The van der Waals surface area contributed by atoms with Crippen LogP contribution in [0.2, 0.25) is 0 Å². The SMILES string of the molecule is CC=C1[C@@H](C(=O)O)[C@H]1C(=O)O. The highest BCUT2D eigenvalue weighted by Crippen LogP contribution is 2.45. The first kappa shape index (κ1) is 7.78. The highest BCUT2D eigenvalue weighted by molar-refractivity contribution is 5.93. The molecule has 0 unspecified atom stereocenters. The van der Waals surface area contributed by atoms with E-state index in [9.17, 15) is 9.59 Å². The van der Waals surface area contributed by atoms with Gasteiger partial charge in [0.2, 0.25) is 0 Å². The van der Waals surface area contributed by atoms with E-state index in [-0.39, 0.29) is 0 Å². The molecular weight excluding hydrogens is 148 g/mol. The van der Waals surface area contributed by atoms with E-state index in [2.05, 4.69) is 0 Å². The monoisotopic (exact) mass is 156 g/mol. The van der Waals surface area contributed by atoms with Gasteiger partial charge < -0.3 is 10.2 Å². The van der Waals surface area contributed by atoms with Gasteiger partial charge in [-0.3, -0.25) is 9.59 Å². The standard InChI is InChI=1S/C7H8O4/c1-2-3-4(6(8)9)5(3)7(10)11/h2,4-5H,1H3,(H,8,9)(H,10,11)/t4-,5+. The van der Waals surface area contributed by atoms with E-state index in [4.69, 9.17) is 10.2 Å². The zero-order chi connectivity index (χ0) is 8.59. The van der Waals surface area contributed by atoms with Gasteiger partial charge in [-0.2, -0.15) is 0 Å². The van der Waals surface area contributed by atoms with Crippen molar-refractivity contribution in [1.29, 1.82) is 0 Å². The van der Waals surface area contributed by atoms with E-state index in [0.717, 1.165) is 0 Å². The van der Waals surface area contributed by atoms with Gasteiger partial charge in [0.05, 0.1) is 11.8 Å². The first-order chi connectivity index (χ1) is 5.09. The number of allylic oxidation sites excluding steroid dienone is 1. The number of rotatable bonds is 2. The van der Waals surface area contributed by atoms with Crippen molar-refractivity contribution in [1.82, 2.24) is 0 Å². The van der Waals surface area contributed by atoms with E-state index in [1.165, 1.54) is 0 Å². The van der Waals surface area contributed by atoms with Crippen molar-refractivity contribution in [2.24, 2.45) is 11.8 Å². The molecule has 2 atom stereocenters. The van der Waals surface area contributed by atoms with Gasteiger partial charge in [-0.25, -0.2) is 0 Å². The molecule has 60 valence electrons. The van der Waals surface area contributed by atoms with Crippen LogP contribution in [0.4, 0.5) is 0 Å². The number of carboxylic acid groups (broad SMARTS) is 2. The minimum absolute atomic E-state index is 0.505. The summed E-state index contributed by atoms with van der Waals surface area (Å²) in [6.07, 6.45) is 1.55. The Morgan fingerprint density at radius 3 is 1.73 bits per heavy atom. The van der Waals surface area contributed by atoms with E-state index in [0.29, 0.717) is 5.57 Å². The van der Waals surface area contributed by atoms with Gasteiger partial charge in [-0.15, -0.1) is 0 Å². The summed E-state index contributed by atoms with van der Waals surface area (Å²) in [5, 5.41) is 16.9. The van der Waals surface area contributed by atoms with E-state index < -0.39 is 23.8 Å². The molecule has 1 aliphatic carbocycles. The quantitative estimate of drug-likeness (QED) is 0.565. The lowest BCUT2D eigenvalue weighted by atomic mass is 10.3. The van der Waals surface area contributed by atoms with Crippen molar-refractivity contribution in [3.63, 3.8) is 0 Å². The molecule has 0 saturated heterocycles. The summed E-state index contributed by atoms with van der Waals surface area (Å²) in [7, 11) is 0. The van der Waals surface area contributed by atoms with Crippen molar-refractivity contribution < 1.29 is 19.8 Å². The normalized spacial score (nSPS) is 31.9. The lowest BCUT2D eigenvalue weighted by Gasteiger charge is -1.83. The molecule has 4 heteroatoms. The second kappa shape index (κ2) is 2.38. The largest absolute Gasteiger partial charge is 0.481 e. The zero-order valence-corrected chi connectivity index (χ0v) is 5.94. The highest BCUT2D eigenvalue weighted by atomic mass is 16.4. The van der Waals surface area contributed by atoms with E-state index >= 15 is 0 Å². The lowest BCUT2D eigenvalue weighted by molar-refractivity contribution is -0.144. The third-order valence-corrected chi connectivity index (χ3v) is 1.81. The Balaban J connectivity index is 2.76. The fourth-order valence-electron chi connectivity index (χ4n) is 1.21. The lowest BCUT2D eigenvalue weighted by Crippen LogP contribution is -2.05. The molecular formula is C7H8O4. The minimum Gasteiger partial charge on any atom is -0.481 e. The zero-order valence-electron chi connectivity index (χ0n) is 5.94. The average Bonchev–Trinajstić information content (AvgIpc) is 2.59. The predicted molar refractivity (Wildman–Crippen MR) is 36.0 cm³/mol. The first-order valence-electron chi connectivity index (χ1n) is 3.21. The van der Waals surface area contributed by atoms with Crippen LogP contribution in [0.15, 0.2) is 11.6 Å². The summed E-state index contributed by atoms with van der Waals surface area (Å²) in [4.78, 5) is 20.7. The van der Waals surface area contributed by atoms with Crippen molar-refractivity contribution >= 4 is 11.9 Å². The Labute approximate surface area is 63.1 Å². The van der Waals surface area contributed by atoms with Gasteiger partial charge in [-0.1, -0.05) is 6.08 Å². The van der Waals surface area contributed by atoms with Crippen LogP contribution >= 0.6 is 0 Å². The molecule has 1 rings (SSSR count). The molecule has 0 amide bonds. The minimum atomic E-state index is -1.05. The molecule has 0 bridgehead atoms. The second-order valence-corrected chi connectivity index (χ2v) is 2.42. The molecule has 0 aromatic carbocycles. The Hall–Kier alpha value is -1.32. The predicted octanol–water partition coefficient (Wildman–Crippen LogP) is 0.348. The Kier molecular flexibility index (Phi) is 1.68. The molecule has 0 aromatic rings. The molecule has 11 heavy (non-hydrogen) atoms. The maximum Gasteiger partial charge on any atom is 0.311 e. The summed E-state index contributed by atoms with van der Waals surface area (Å²) in [6, 6.07) is 0.